The second kappa shape index (κ2) is 5.41. The summed E-state index contributed by atoms with van der Waals surface area (Å²) >= 11 is 2.29. The summed E-state index contributed by atoms with van der Waals surface area (Å²) in [7, 11) is 0. The van der Waals surface area contributed by atoms with Gasteiger partial charge in [0, 0.05) is 4.43 Å². The van der Waals surface area contributed by atoms with Gasteiger partial charge in [-0.1, -0.05) is 46.9 Å². The van der Waals surface area contributed by atoms with Crippen LogP contribution in [0.5, 0.6) is 0 Å². The Morgan fingerprint density at radius 2 is 1.79 bits per heavy atom. The van der Waals surface area contributed by atoms with Crippen LogP contribution in [0.4, 0.5) is 0 Å². The maximum absolute atomic E-state index is 8.55. The molecule has 1 rings (SSSR count). The van der Waals surface area contributed by atoms with E-state index in [0.717, 1.165) is 9.99 Å². The third-order valence-electron chi connectivity index (χ3n) is 1.69. The third kappa shape index (κ3) is 2.86. The molecule has 0 N–H and O–H groups in total. The Balaban J connectivity index is 2.95. The molecular formula is C11H7IN2. The van der Waals surface area contributed by atoms with E-state index in [0.29, 0.717) is 0 Å². The van der Waals surface area contributed by atoms with Crippen LogP contribution in [0.3, 0.4) is 0 Å². The van der Waals surface area contributed by atoms with Crippen LogP contribution in [0.25, 0.3) is 6.08 Å². The first-order valence-electron chi connectivity index (χ1n) is 3.97. The lowest BCUT2D eigenvalue weighted by atomic mass is 10.1. The summed E-state index contributed by atoms with van der Waals surface area (Å²) in [6.07, 6.45) is 1.58. The fourth-order valence-electron chi connectivity index (χ4n) is 0.959. The van der Waals surface area contributed by atoms with E-state index in [2.05, 4.69) is 22.6 Å². The first-order valence-corrected chi connectivity index (χ1v) is 5.49. The SMILES string of the molecule is N#CC(C#N)=Cc1ccc(CI)cc1. The van der Waals surface area contributed by atoms with Gasteiger partial charge in [-0.2, -0.15) is 10.5 Å². The summed E-state index contributed by atoms with van der Waals surface area (Å²) in [5, 5.41) is 17.1. The van der Waals surface area contributed by atoms with Crippen LogP contribution in [0.15, 0.2) is 29.8 Å². The lowest BCUT2D eigenvalue weighted by Gasteiger charge is -1.95. The van der Waals surface area contributed by atoms with Gasteiger partial charge in [0.2, 0.25) is 0 Å². The maximum atomic E-state index is 8.55. The van der Waals surface area contributed by atoms with Crippen molar-refractivity contribution in [2.24, 2.45) is 0 Å². The van der Waals surface area contributed by atoms with Crippen molar-refractivity contribution in [1.82, 2.24) is 0 Å². The second-order valence-corrected chi connectivity index (χ2v) is 3.42. The number of rotatable bonds is 2. The van der Waals surface area contributed by atoms with Crippen molar-refractivity contribution in [3.05, 3.63) is 41.0 Å². The third-order valence-corrected chi connectivity index (χ3v) is 2.57. The summed E-state index contributed by atoms with van der Waals surface area (Å²) in [5.74, 6) is 0. The quantitative estimate of drug-likeness (QED) is 0.478. The van der Waals surface area contributed by atoms with Gasteiger partial charge >= 0.3 is 0 Å². The Bertz CT molecular complexity index is 402. The molecule has 0 unspecified atom stereocenters. The molecule has 0 aliphatic heterocycles. The summed E-state index contributed by atoms with van der Waals surface area (Å²) < 4.78 is 0.963. The smallest absolute Gasteiger partial charge is 0.130 e. The van der Waals surface area contributed by atoms with Crippen molar-refractivity contribution in [1.29, 1.82) is 10.5 Å². The van der Waals surface area contributed by atoms with E-state index >= 15 is 0 Å². The van der Waals surface area contributed by atoms with Gasteiger partial charge in [0.05, 0.1) is 0 Å². The summed E-state index contributed by atoms with van der Waals surface area (Å²) in [5.41, 5.74) is 2.25. The van der Waals surface area contributed by atoms with Gasteiger partial charge < -0.3 is 0 Å². The normalized spacial score (nSPS) is 8.50. The van der Waals surface area contributed by atoms with Gasteiger partial charge in [-0.05, 0) is 17.2 Å². The fraction of sp³-hybridized carbons (Fsp3) is 0.0909. The Hall–Kier alpha value is -1.33. The van der Waals surface area contributed by atoms with Crippen LogP contribution in [-0.2, 0) is 4.43 Å². The number of hydrogen-bond donors (Lipinski definition) is 0. The van der Waals surface area contributed by atoms with Crippen LogP contribution in [0, 0.1) is 22.7 Å². The summed E-state index contributed by atoms with van der Waals surface area (Å²) in [6.45, 7) is 0. The van der Waals surface area contributed by atoms with Gasteiger partial charge in [-0.15, -0.1) is 0 Å². The molecule has 0 aliphatic carbocycles. The molecule has 0 aliphatic rings. The first kappa shape index (κ1) is 10.7. The number of hydrogen-bond acceptors (Lipinski definition) is 2. The Labute approximate surface area is 96.6 Å². The molecule has 14 heavy (non-hydrogen) atoms. The van der Waals surface area contributed by atoms with Crippen molar-refractivity contribution < 1.29 is 0 Å². The number of alkyl halides is 1. The van der Waals surface area contributed by atoms with E-state index < -0.39 is 0 Å². The number of allylic oxidation sites excluding steroid dienone is 1. The van der Waals surface area contributed by atoms with Gasteiger partial charge in [0.25, 0.3) is 0 Å². The molecular weight excluding hydrogens is 287 g/mol. The summed E-state index contributed by atoms with van der Waals surface area (Å²) in [4.78, 5) is 0. The molecule has 0 amide bonds. The van der Waals surface area contributed by atoms with Crippen LogP contribution in [-0.4, -0.2) is 0 Å². The summed E-state index contributed by atoms with van der Waals surface area (Å²) in [6, 6.07) is 11.4. The fourth-order valence-corrected chi connectivity index (χ4v) is 1.47. The Morgan fingerprint density at radius 3 is 2.21 bits per heavy atom. The minimum Gasteiger partial charge on any atom is -0.192 e. The highest BCUT2D eigenvalue weighted by molar-refractivity contribution is 14.1. The van der Waals surface area contributed by atoms with Crippen molar-refractivity contribution in [3.63, 3.8) is 0 Å². The average molecular weight is 294 g/mol. The average Bonchev–Trinajstić information content (AvgIpc) is 2.26. The number of nitrogens with zero attached hydrogens (tertiary/aromatic N) is 2. The Kier molecular flexibility index (Phi) is 4.15. The predicted octanol–water partition coefficient (Wildman–Crippen LogP) is 3.05. The molecule has 0 heterocycles. The molecule has 2 nitrogen and oxygen atoms in total. The zero-order valence-corrected chi connectivity index (χ0v) is 9.52. The highest BCUT2D eigenvalue weighted by atomic mass is 127. The topological polar surface area (TPSA) is 47.6 Å². The molecule has 0 fully saturated rings. The molecule has 0 saturated heterocycles. The minimum atomic E-state index is 0.132. The highest BCUT2D eigenvalue weighted by Gasteiger charge is 1.94. The molecule has 0 saturated carbocycles. The van der Waals surface area contributed by atoms with Crippen molar-refractivity contribution >= 4 is 28.7 Å². The molecule has 1 aromatic rings. The van der Waals surface area contributed by atoms with E-state index in [-0.39, 0.29) is 5.57 Å². The van der Waals surface area contributed by atoms with Gasteiger partial charge in [0.1, 0.15) is 17.7 Å². The maximum Gasteiger partial charge on any atom is 0.130 e. The standard InChI is InChI=1S/C11H7IN2/c12-6-10-3-1-9(2-4-10)5-11(7-13)8-14/h1-5H,6H2. The second-order valence-electron chi connectivity index (χ2n) is 2.66. The molecule has 68 valence electrons. The van der Waals surface area contributed by atoms with Gasteiger partial charge in [-0.3, -0.25) is 0 Å². The van der Waals surface area contributed by atoms with Crippen LogP contribution >= 0.6 is 22.6 Å². The highest BCUT2D eigenvalue weighted by Crippen LogP contribution is 2.10. The number of benzene rings is 1. The Morgan fingerprint density at radius 1 is 1.21 bits per heavy atom. The van der Waals surface area contributed by atoms with Gasteiger partial charge in [-0.25, -0.2) is 0 Å². The lowest BCUT2D eigenvalue weighted by Crippen LogP contribution is -1.79. The van der Waals surface area contributed by atoms with Crippen molar-refractivity contribution in [2.75, 3.05) is 0 Å². The molecule has 0 atom stereocenters. The number of halogens is 1. The van der Waals surface area contributed by atoms with Crippen molar-refractivity contribution in [2.45, 2.75) is 4.43 Å². The van der Waals surface area contributed by atoms with E-state index in [9.17, 15) is 0 Å². The van der Waals surface area contributed by atoms with Crippen LogP contribution in [0.2, 0.25) is 0 Å². The predicted molar refractivity (Wildman–Crippen MR) is 63.4 cm³/mol. The van der Waals surface area contributed by atoms with Crippen LogP contribution in [0.1, 0.15) is 11.1 Å². The van der Waals surface area contributed by atoms with E-state index in [1.54, 1.807) is 6.08 Å². The molecule has 0 radical (unpaired) electrons. The molecule has 0 spiro atoms. The van der Waals surface area contributed by atoms with Gasteiger partial charge in [0.15, 0.2) is 0 Å². The molecule has 3 heteroatoms. The zero-order valence-electron chi connectivity index (χ0n) is 7.37. The monoisotopic (exact) mass is 294 g/mol. The van der Waals surface area contributed by atoms with E-state index in [1.165, 1.54) is 5.56 Å². The zero-order chi connectivity index (χ0) is 10.4. The van der Waals surface area contributed by atoms with Crippen LogP contribution < -0.4 is 0 Å². The minimum absolute atomic E-state index is 0.132. The molecule has 0 aromatic heterocycles. The van der Waals surface area contributed by atoms with E-state index in [1.807, 2.05) is 36.4 Å². The molecule has 1 aromatic carbocycles. The largest absolute Gasteiger partial charge is 0.192 e. The first-order chi connectivity index (χ1) is 6.80. The van der Waals surface area contributed by atoms with E-state index in [4.69, 9.17) is 10.5 Å². The lowest BCUT2D eigenvalue weighted by molar-refractivity contribution is 1.44. The number of nitriles is 2. The molecule has 0 bridgehead atoms. The van der Waals surface area contributed by atoms with Crippen molar-refractivity contribution in [3.8, 4) is 12.1 Å².